The molecule has 0 fully saturated rings. The van der Waals surface area contributed by atoms with Gasteiger partial charge in [-0.15, -0.1) is 0 Å². The summed E-state index contributed by atoms with van der Waals surface area (Å²) in [6, 6.07) is 16.8. The second kappa shape index (κ2) is 6.69. The van der Waals surface area contributed by atoms with Crippen molar-refractivity contribution in [3.05, 3.63) is 70.7 Å². The number of carbonyl (C=O) groups excluding carboxylic acids is 1. The second-order valence-electron chi connectivity index (χ2n) is 4.09. The Kier molecular flexibility index (Phi) is 5.20. The molecule has 98 valence electrons. The maximum absolute atomic E-state index is 12.4. The van der Waals surface area contributed by atoms with Gasteiger partial charge in [0, 0.05) is 10.6 Å². The van der Waals surface area contributed by atoms with Crippen LogP contribution in [-0.4, -0.2) is 10.6 Å². The summed E-state index contributed by atoms with van der Waals surface area (Å²) in [5.41, 5.74) is 1.71. The fourth-order valence-electron chi connectivity index (χ4n) is 1.71. The summed E-state index contributed by atoms with van der Waals surface area (Å²) < 4.78 is 0. The van der Waals surface area contributed by atoms with Crippen molar-refractivity contribution >= 4 is 49.2 Å². The van der Waals surface area contributed by atoms with E-state index in [1.54, 1.807) is 24.3 Å². The molecule has 0 amide bonds. The Morgan fingerprint density at radius 1 is 0.947 bits per heavy atom. The van der Waals surface area contributed by atoms with Gasteiger partial charge < -0.3 is 0 Å². The lowest BCUT2D eigenvalue weighted by Crippen LogP contribution is -2.19. The number of carbonyl (C=O) groups is 1. The zero-order valence-corrected chi connectivity index (χ0v) is 13.8. The Balaban J connectivity index is 2.17. The molecule has 0 spiro atoms. The van der Waals surface area contributed by atoms with Crippen molar-refractivity contribution in [1.82, 2.24) is 0 Å². The third kappa shape index (κ3) is 3.68. The van der Waals surface area contributed by atoms with Crippen molar-refractivity contribution in [2.45, 2.75) is 9.65 Å². The van der Waals surface area contributed by atoms with Crippen molar-refractivity contribution in [2.24, 2.45) is 0 Å². The van der Waals surface area contributed by atoms with E-state index in [4.69, 9.17) is 11.6 Å². The molecule has 0 N–H and O–H groups in total. The molecule has 0 unspecified atom stereocenters. The Bertz CT molecular complexity index is 554. The molecular weight excluding hydrogens is 391 g/mol. The Morgan fingerprint density at radius 2 is 1.53 bits per heavy atom. The second-order valence-corrected chi connectivity index (χ2v) is 6.49. The van der Waals surface area contributed by atoms with Crippen LogP contribution < -0.4 is 0 Å². The van der Waals surface area contributed by atoms with E-state index in [1.165, 1.54) is 0 Å². The van der Waals surface area contributed by atoms with E-state index >= 15 is 0 Å². The van der Waals surface area contributed by atoms with Crippen molar-refractivity contribution in [3.63, 3.8) is 0 Å². The topological polar surface area (TPSA) is 17.1 Å². The highest BCUT2D eigenvalue weighted by Crippen LogP contribution is 2.33. The van der Waals surface area contributed by atoms with Crippen molar-refractivity contribution < 1.29 is 4.79 Å². The molecule has 2 aromatic rings. The summed E-state index contributed by atoms with van der Waals surface area (Å²) in [5.74, 6) is 0.0300. The van der Waals surface area contributed by atoms with E-state index in [0.29, 0.717) is 10.6 Å². The van der Waals surface area contributed by atoms with Gasteiger partial charge in [-0.05, 0) is 29.8 Å². The molecule has 2 aromatic carbocycles. The van der Waals surface area contributed by atoms with Crippen LogP contribution >= 0.6 is 43.5 Å². The normalized spacial score (nSPS) is 13.8. The first-order valence-electron chi connectivity index (χ1n) is 5.72. The molecule has 0 radical (unpaired) electrons. The number of Topliss-reactive ketones (excluding diaryl/α,β-unsaturated/α-hetero) is 1. The maximum atomic E-state index is 12.4. The lowest BCUT2D eigenvalue weighted by Gasteiger charge is -2.16. The monoisotopic (exact) mass is 400 g/mol. The summed E-state index contributed by atoms with van der Waals surface area (Å²) in [6.07, 6.45) is 0. The fraction of sp³-hybridized carbons (Fsp3) is 0.133. The van der Waals surface area contributed by atoms with Gasteiger partial charge in [0.05, 0.1) is 9.65 Å². The SMILES string of the molecule is O=C(c1ccc(Cl)cc1)[C@H](Br)[C@H](Br)c1ccccc1. The van der Waals surface area contributed by atoms with E-state index in [2.05, 4.69) is 31.9 Å². The number of hydrogen-bond donors (Lipinski definition) is 0. The molecule has 0 saturated heterocycles. The van der Waals surface area contributed by atoms with Gasteiger partial charge in [-0.2, -0.15) is 0 Å². The largest absolute Gasteiger partial charge is 0.293 e. The van der Waals surface area contributed by atoms with Gasteiger partial charge in [-0.25, -0.2) is 0 Å². The van der Waals surface area contributed by atoms with Crippen molar-refractivity contribution in [2.75, 3.05) is 0 Å². The average Bonchev–Trinajstić information content (AvgIpc) is 2.46. The van der Waals surface area contributed by atoms with Gasteiger partial charge in [-0.1, -0.05) is 73.8 Å². The summed E-state index contributed by atoms with van der Waals surface area (Å²) in [6.45, 7) is 0. The van der Waals surface area contributed by atoms with Crippen LogP contribution in [0.3, 0.4) is 0 Å². The summed E-state index contributed by atoms with van der Waals surface area (Å²) in [5, 5.41) is 0.626. The van der Waals surface area contributed by atoms with Crippen LogP contribution in [-0.2, 0) is 0 Å². The highest BCUT2D eigenvalue weighted by atomic mass is 79.9. The molecule has 0 aromatic heterocycles. The minimum absolute atomic E-state index is 0.0300. The zero-order chi connectivity index (χ0) is 13.8. The van der Waals surface area contributed by atoms with Gasteiger partial charge in [0.2, 0.25) is 0 Å². The van der Waals surface area contributed by atoms with Crippen LogP contribution in [0, 0.1) is 0 Å². The van der Waals surface area contributed by atoms with Crippen LogP contribution in [0.1, 0.15) is 20.7 Å². The predicted octanol–water partition coefficient (Wildman–Crippen LogP) is 5.42. The van der Waals surface area contributed by atoms with Crippen molar-refractivity contribution in [1.29, 1.82) is 0 Å². The lowest BCUT2D eigenvalue weighted by atomic mass is 10.0. The molecule has 0 aliphatic carbocycles. The first-order chi connectivity index (χ1) is 9.09. The number of halogens is 3. The smallest absolute Gasteiger partial charge is 0.177 e. The van der Waals surface area contributed by atoms with Crippen molar-refractivity contribution in [3.8, 4) is 0 Å². The van der Waals surface area contributed by atoms with Gasteiger partial charge in [0.1, 0.15) is 0 Å². The van der Waals surface area contributed by atoms with E-state index in [9.17, 15) is 4.79 Å². The molecule has 0 saturated carbocycles. The van der Waals surface area contributed by atoms with E-state index in [-0.39, 0.29) is 15.4 Å². The van der Waals surface area contributed by atoms with Crippen LogP contribution in [0.4, 0.5) is 0 Å². The van der Waals surface area contributed by atoms with Gasteiger partial charge in [-0.3, -0.25) is 4.79 Å². The Morgan fingerprint density at radius 3 is 2.11 bits per heavy atom. The molecule has 4 heteroatoms. The van der Waals surface area contributed by atoms with Crippen LogP contribution in [0.25, 0.3) is 0 Å². The number of alkyl halides is 2. The van der Waals surface area contributed by atoms with Crippen LogP contribution in [0.2, 0.25) is 5.02 Å². The molecule has 0 aliphatic heterocycles. The van der Waals surface area contributed by atoms with E-state index in [1.807, 2.05) is 30.3 Å². The first-order valence-corrected chi connectivity index (χ1v) is 7.93. The molecule has 2 atom stereocenters. The number of ketones is 1. The predicted molar refractivity (Wildman–Crippen MR) is 86.6 cm³/mol. The minimum atomic E-state index is -0.323. The summed E-state index contributed by atoms with van der Waals surface area (Å²) >= 11 is 12.9. The third-order valence-corrected chi connectivity index (χ3v) is 5.72. The summed E-state index contributed by atoms with van der Waals surface area (Å²) in [4.78, 5) is 12.0. The summed E-state index contributed by atoms with van der Waals surface area (Å²) in [7, 11) is 0. The van der Waals surface area contributed by atoms with E-state index in [0.717, 1.165) is 5.56 Å². The Labute approximate surface area is 134 Å². The molecule has 2 rings (SSSR count). The minimum Gasteiger partial charge on any atom is -0.293 e. The standard InChI is InChI=1S/C15H11Br2ClO/c16-13(10-4-2-1-3-5-10)14(17)15(19)11-6-8-12(18)9-7-11/h1-9,13-14H/t13-,14-/m1/s1. The quantitative estimate of drug-likeness (QED) is 0.493. The van der Waals surface area contributed by atoms with Crippen LogP contribution in [0.5, 0.6) is 0 Å². The van der Waals surface area contributed by atoms with Crippen LogP contribution in [0.15, 0.2) is 54.6 Å². The molecule has 19 heavy (non-hydrogen) atoms. The molecule has 0 aliphatic rings. The fourth-order valence-corrected chi connectivity index (χ4v) is 2.95. The molecule has 0 heterocycles. The molecule has 1 nitrogen and oxygen atoms in total. The number of rotatable bonds is 4. The zero-order valence-electron chi connectivity index (χ0n) is 9.89. The highest BCUT2D eigenvalue weighted by molar-refractivity contribution is 9.12. The number of benzene rings is 2. The van der Waals surface area contributed by atoms with Gasteiger partial charge in [0.25, 0.3) is 0 Å². The molecule has 0 bridgehead atoms. The van der Waals surface area contributed by atoms with E-state index < -0.39 is 0 Å². The highest BCUT2D eigenvalue weighted by Gasteiger charge is 2.25. The average molecular weight is 403 g/mol. The number of hydrogen-bond acceptors (Lipinski definition) is 1. The molecular formula is C15H11Br2ClO. The Hall–Kier alpha value is -0.640. The lowest BCUT2D eigenvalue weighted by molar-refractivity contribution is 0.0991. The first kappa shape index (κ1) is 14.8. The van der Waals surface area contributed by atoms with Gasteiger partial charge >= 0.3 is 0 Å². The maximum Gasteiger partial charge on any atom is 0.177 e. The third-order valence-electron chi connectivity index (χ3n) is 2.75. The van der Waals surface area contributed by atoms with Gasteiger partial charge in [0.15, 0.2) is 5.78 Å².